The van der Waals surface area contributed by atoms with Crippen LogP contribution in [-0.4, -0.2) is 48.5 Å². The highest BCUT2D eigenvalue weighted by atomic mass is 32.1. The summed E-state index contributed by atoms with van der Waals surface area (Å²) >= 11 is 1.39. The number of carbonyl (C=O) groups is 2. The van der Waals surface area contributed by atoms with Gasteiger partial charge in [0, 0.05) is 30.6 Å². The van der Waals surface area contributed by atoms with Crippen molar-refractivity contribution in [1.82, 2.24) is 10.2 Å². The van der Waals surface area contributed by atoms with Crippen molar-refractivity contribution in [2.24, 2.45) is 5.73 Å². The molecule has 1 aliphatic heterocycles. The van der Waals surface area contributed by atoms with Crippen LogP contribution in [0.3, 0.4) is 0 Å². The molecule has 0 spiro atoms. The van der Waals surface area contributed by atoms with Crippen LogP contribution in [0.15, 0.2) is 12.1 Å². The lowest BCUT2D eigenvalue weighted by atomic mass is 10.1. The molecule has 3 N–H and O–H groups in total. The number of nitrogens with two attached hydrogens (primary N) is 1. The molecule has 1 aromatic heterocycles. The summed E-state index contributed by atoms with van der Waals surface area (Å²) in [6.45, 7) is 4.69. The molecule has 1 saturated heterocycles. The molecule has 2 amide bonds. The molecule has 2 atom stereocenters. The van der Waals surface area contributed by atoms with Gasteiger partial charge in [0.25, 0.3) is 5.91 Å². The fraction of sp³-hybridized carbons (Fsp3) is 0.600. The van der Waals surface area contributed by atoms with Crippen LogP contribution in [0.2, 0.25) is 0 Å². The smallest absolute Gasteiger partial charge is 0.264 e. The summed E-state index contributed by atoms with van der Waals surface area (Å²) in [5.41, 5.74) is 5.96. The summed E-state index contributed by atoms with van der Waals surface area (Å²) in [5.74, 6) is -0.269. The van der Waals surface area contributed by atoms with E-state index < -0.39 is 6.04 Å². The zero-order chi connectivity index (χ0) is 16.3. The third-order valence-corrected chi connectivity index (χ3v) is 4.53. The van der Waals surface area contributed by atoms with Crippen molar-refractivity contribution in [1.29, 1.82) is 0 Å². The van der Waals surface area contributed by atoms with Crippen LogP contribution in [0.1, 0.15) is 34.8 Å². The summed E-state index contributed by atoms with van der Waals surface area (Å²) in [6.07, 6.45) is 0.501. The summed E-state index contributed by atoms with van der Waals surface area (Å²) in [5, 5.41) is 2.86. The molecule has 7 heteroatoms. The van der Waals surface area contributed by atoms with Gasteiger partial charge in [0.1, 0.15) is 6.04 Å². The minimum absolute atomic E-state index is 0.0383. The Labute approximate surface area is 134 Å². The first-order valence-corrected chi connectivity index (χ1v) is 8.18. The van der Waals surface area contributed by atoms with E-state index in [2.05, 4.69) is 5.32 Å². The Morgan fingerprint density at radius 2 is 2.23 bits per heavy atom. The molecule has 0 bridgehead atoms. The first-order valence-electron chi connectivity index (χ1n) is 7.37. The Hall–Kier alpha value is -1.44. The van der Waals surface area contributed by atoms with Crippen molar-refractivity contribution >= 4 is 23.2 Å². The van der Waals surface area contributed by atoms with Crippen molar-refractivity contribution in [3.63, 3.8) is 0 Å². The van der Waals surface area contributed by atoms with E-state index in [0.717, 1.165) is 4.88 Å². The molecule has 0 aromatic carbocycles. The van der Waals surface area contributed by atoms with Gasteiger partial charge in [-0.25, -0.2) is 0 Å². The predicted molar refractivity (Wildman–Crippen MR) is 85.7 cm³/mol. The van der Waals surface area contributed by atoms with E-state index in [-0.39, 0.29) is 23.9 Å². The topological polar surface area (TPSA) is 84.7 Å². The van der Waals surface area contributed by atoms with Crippen molar-refractivity contribution in [3.05, 3.63) is 21.9 Å². The number of amides is 2. The number of thiophene rings is 1. The van der Waals surface area contributed by atoms with Crippen LogP contribution in [-0.2, 0) is 16.1 Å². The number of nitrogens with zero attached hydrogens (tertiary/aromatic N) is 1. The number of methoxy groups -OCH3 is 1. The number of likely N-dealkylation sites (tertiary alicyclic amines) is 1. The average Bonchev–Trinajstić information content (AvgIpc) is 3.04. The Balaban J connectivity index is 2.13. The van der Waals surface area contributed by atoms with Crippen molar-refractivity contribution in [3.8, 4) is 0 Å². The molecule has 1 aromatic rings. The Kier molecular flexibility index (Phi) is 5.55. The second-order valence-electron chi connectivity index (χ2n) is 5.83. The summed E-state index contributed by atoms with van der Waals surface area (Å²) in [4.78, 5) is 28.1. The van der Waals surface area contributed by atoms with Crippen LogP contribution < -0.4 is 11.1 Å². The van der Waals surface area contributed by atoms with E-state index in [1.807, 2.05) is 19.9 Å². The second kappa shape index (κ2) is 7.21. The van der Waals surface area contributed by atoms with Gasteiger partial charge < -0.3 is 20.7 Å². The number of nitrogens with one attached hydrogen (secondary N) is 1. The summed E-state index contributed by atoms with van der Waals surface area (Å²) in [7, 11) is 1.62. The van der Waals surface area contributed by atoms with Gasteiger partial charge in [-0.2, -0.15) is 0 Å². The van der Waals surface area contributed by atoms with Crippen LogP contribution in [0, 0.1) is 0 Å². The molecule has 6 nitrogen and oxygen atoms in total. The van der Waals surface area contributed by atoms with Gasteiger partial charge in [-0.1, -0.05) is 0 Å². The molecule has 1 fully saturated rings. The molecular formula is C15H23N3O3S. The molecule has 0 radical (unpaired) electrons. The van der Waals surface area contributed by atoms with Gasteiger partial charge in [-0.15, -0.1) is 11.3 Å². The maximum Gasteiger partial charge on any atom is 0.264 e. The molecule has 122 valence electrons. The minimum Gasteiger partial charge on any atom is -0.379 e. The number of carbonyl (C=O) groups excluding carboxylic acids is 2. The van der Waals surface area contributed by atoms with Gasteiger partial charge in [0.2, 0.25) is 5.91 Å². The van der Waals surface area contributed by atoms with Crippen molar-refractivity contribution < 1.29 is 14.3 Å². The van der Waals surface area contributed by atoms with E-state index >= 15 is 0 Å². The maximum atomic E-state index is 12.7. The predicted octanol–water partition coefficient (Wildman–Crippen LogP) is 0.961. The molecular weight excluding hydrogens is 302 g/mol. The third-order valence-electron chi connectivity index (χ3n) is 3.49. The van der Waals surface area contributed by atoms with Crippen LogP contribution in [0.25, 0.3) is 0 Å². The SMILES string of the molecule is COCc1ccc(C(=O)N2C[C@H](N)C[C@H]2C(=O)NC(C)C)s1. The van der Waals surface area contributed by atoms with Gasteiger partial charge in [-0.05, 0) is 32.4 Å². The third kappa shape index (κ3) is 3.85. The van der Waals surface area contributed by atoms with Crippen LogP contribution >= 0.6 is 11.3 Å². The number of hydrogen-bond acceptors (Lipinski definition) is 5. The minimum atomic E-state index is -0.488. The zero-order valence-corrected chi connectivity index (χ0v) is 14.0. The van der Waals surface area contributed by atoms with Crippen molar-refractivity contribution in [2.45, 2.75) is 45.0 Å². The first-order chi connectivity index (χ1) is 10.4. The molecule has 0 unspecified atom stereocenters. The average molecular weight is 325 g/mol. The van der Waals surface area contributed by atoms with Gasteiger partial charge in [0.15, 0.2) is 0 Å². The lowest BCUT2D eigenvalue weighted by Gasteiger charge is -2.24. The molecule has 1 aliphatic rings. The first kappa shape index (κ1) is 16.9. The second-order valence-corrected chi connectivity index (χ2v) is 7.00. The quantitative estimate of drug-likeness (QED) is 0.844. The Bertz CT molecular complexity index is 544. The standard InChI is InChI=1S/C15H23N3O3S/c1-9(2)17-14(19)12-6-10(16)7-18(12)15(20)13-5-4-11(22-13)8-21-3/h4-5,9-10,12H,6-8,16H2,1-3H3,(H,17,19)/t10-,12+/m1/s1. The van der Waals surface area contributed by atoms with Crippen LogP contribution in [0.5, 0.6) is 0 Å². The van der Waals surface area contributed by atoms with Gasteiger partial charge in [-0.3, -0.25) is 9.59 Å². The lowest BCUT2D eigenvalue weighted by molar-refractivity contribution is -0.125. The normalized spacial score (nSPS) is 21.4. The van der Waals surface area contributed by atoms with Crippen LogP contribution in [0.4, 0.5) is 0 Å². The van der Waals surface area contributed by atoms with E-state index in [4.69, 9.17) is 10.5 Å². The maximum absolute atomic E-state index is 12.7. The van der Waals surface area contributed by atoms with Crippen molar-refractivity contribution in [2.75, 3.05) is 13.7 Å². The fourth-order valence-corrected chi connectivity index (χ4v) is 3.51. The Morgan fingerprint density at radius 3 is 2.86 bits per heavy atom. The molecule has 2 heterocycles. The summed E-state index contributed by atoms with van der Waals surface area (Å²) < 4.78 is 5.07. The fourth-order valence-electron chi connectivity index (χ4n) is 2.58. The zero-order valence-electron chi connectivity index (χ0n) is 13.2. The highest BCUT2D eigenvalue weighted by molar-refractivity contribution is 7.14. The molecule has 0 saturated carbocycles. The molecule has 0 aliphatic carbocycles. The van der Waals surface area contributed by atoms with E-state index in [1.165, 1.54) is 11.3 Å². The van der Waals surface area contributed by atoms with Gasteiger partial charge >= 0.3 is 0 Å². The highest BCUT2D eigenvalue weighted by Gasteiger charge is 2.38. The number of hydrogen-bond donors (Lipinski definition) is 2. The monoisotopic (exact) mass is 325 g/mol. The van der Waals surface area contributed by atoms with Gasteiger partial charge in [0.05, 0.1) is 11.5 Å². The number of ether oxygens (including phenoxy) is 1. The molecule has 22 heavy (non-hydrogen) atoms. The van der Waals surface area contributed by atoms with E-state index in [9.17, 15) is 9.59 Å². The largest absolute Gasteiger partial charge is 0.379 e. The molecule has 2 rings (SSSR count). The lowest BCUT2D eigenvalue weighted by Crippen LogP contribution is -2.47. The van der Waals surface area contributed by atoms with E-state index in [1.54, 1.807) is 18.1 Å². The number of rotatable bonds is 5. The Morgan fingerprint density at radius 1 is 1.50 bits per heavy atom. The summed E-state index contributed by atoms with van der Waals surface area (Å²) in [6, 6.07) is 3.04. The highest BCUT2D eigenvalue weighted by Crippen LogP contribution is 2.24. The van der Waals surface area contributed by atoms with E-state index in [0.29, 0.717) is 24.4 Å².